The fourth-order valence-electron chi connectivity index (χ4n) is 1.70. The first-order chi connectivity index (χ1) is 5.61. The van der Waals surface area contributed by atoms with Crippen molar-refractivity contribution in [2.45, 2.75) is 40.2 Å². The van der Waals surface area contributed by atoms with Gasteiger partial charge in [-0.15, -0.1) is 0 Å². The molecule has 1 fully saturated rings. The first-order valence-corrected chi connectivity index (χ1v) is 4.73. The number of aromatic nitrogens is 1. The fourth-order valence-corrected chi connectivity index (χ4v) is 1.70. The zero-order valence-corrected chi connectivity index (χ0v) is 8.22. The van der Waals surface area contributed by atoms with Gasteiger partial charge in [0.05, 0.1) is 0 Å². The summed E-state index contributed by atoms with van der Waals surface area (Å²) in [4.78, 5) is 0. The average Bonchev–Trinajstić information content (AvgIpc) is 2.67. The van der Waals surface area contributed by atoms with Crippen LogP contribution in [0.2, 0.25) is 0 Å². The lowest BCUT2D eigenvalue weighted by Gasteiger charge is -2.13. The van der Waals surface area contributed by atoms with Crippen LogP contribution in [0, 0.1) is 19.3 Å². The van der Waals surface area contributed by atoms with Crippen LogP contribution >= 0.6 is 0 Å². The zero-order valence-electron chi connectivity index (χ0n) is 8.22. The summed E-state index contributed by atoms with van der Waals surface area (Å²) in [6, 6.07) is 4.42. The summed E-state index contributed by atoms with van der Waals surface area (Å²) in [5.74, 6) is 0. The quantitative estimate of drug-likeness (QED) is 0.631. The summed E-state index contributed by atoms with van der Waals surface area (Å²) in [5, 5.41) is 0. The maximum absolute atomic E-state index is 2.44. The molecule has 0 amide bonds. The van der Waals surface area contributed by atoms with E-state index in [-0.39, 0.29) is 0 Å². The standard InChI is InChI=1S/C11H17N/c1-9-4-5-10(2)12(9)8-11(3)6-7-11/h4-5H,6-8H2,1-3H3. The third kappa shape index (κ3) is 1.28. The van der Waals surface area contributed by atoms with E-state index >= 15 is 0 Å². The number of rotatable bonds is 2. The SMILES string of the molecule is Cc1ccc(C)n1CC1(C)CC1. The molecule has 1 aromatic heterocycles. The molecule has 2 rings (SSSR count). The van der Waals surface area contributed by atoms with Gasteiger partial charge < -0.3 is 4.57 Å². The number of hydrogen-bond donors (Lipinski definition) is 0. The number of nitrogens with zero attached hydrogens (tertiary/aromatic N) is 1. The lowest BCUT2D eigenvalue weighted by molar-refractivity contribution is 0.454. The van der Waals surface area contributed by atoms with E-state index in [0.717, 1.165) is 0 Å². The second-order valence-corrected chi connectivity index (χ2v) is 4.51. The molecule has 0 aliphatic heterocycles. The van der Waals surface area contributed by atoms with Crippen molar-refractivity contribution in [2.24, 2.45) is 5.41 Å². The van der Waals surface area contributed by atoms with E-state index in [0.29, 0.717) is 5.41 Å². The Morgan fingerprint density at radius 3 is 2.17 bits per heavy atom. The molecule has 0 bridgehead atoms. The van der Waals surface area contributed by atoms with Gasteiger partial charge in [0.15, 0.2) is 0 Å². The Bertz CT molecular complexity index is 272. The molecule has 0 unspecified atom stereocenters. The minimum atomic E-state index is 0.620. The van der Waals surface area contributed by atoms with Gasteiger partial charge in [-0.2, -0.15) is 0 Å². The molecule has 0 atom stereocenters. The van der Waals surface area contributed by atoms with E-state index in [1.54, 1.807) is 0 Å². The van der Waals surface area contributed by atoms with Crippen LogP contribution in [0.3, 0.4) is 0 Å². The van der Waals surface area contributed by atoms with E-state index in [2.05, 4.69) is 37.5 Å². The second kappa shape index (κ2) is 2.38. The molecule has 0 spiro atoms. The molecule has 1 saturated carbocycles. The van der Waals surface area contributed by atoms with E-state index < -0.39 is 0 Å². The highest BCUT2D eigenvalue weighted by Crippen LogP contribution is 2.46. The van der Waals surface area contributed by atoms with Crippen molar-refractivity contribution in [3.05, 3.63) is 23.5 Å². The van der Waals surface area contributed by atoms with Gasteiger partial charge in [0.25, 0.3) is 0 Å². The van der Waals surface area contributed by atoms with Gasteiger partial charge >= 0.3 is 0 Å². The Morgan fingerprint density at radius 1 is 1.25 bits per heavy atom. The normalized spacial score (nSPS) is 19.6. The summed E-state index contributed by atoms with van der Waals surface area (Å²) < 4.78 is 2.44. The van der Waals surface area contributed by atoms with Gasteiger partial charge in [0, 0.05) is 17.9 Å². The van der Waals surface area contributed by atoms with Crippen LogP contribution in [-0.2, 0) is 6.54 Å². The third-order valence-corrected chi connectivity index (χ3v) is 3.06. The van der Waals surface area contributed by atoms with Gasteiger partial charge in [-0.1, -0.05) is 6.92 Å². The van der Waals surface area contributed by atoms with E-state index in [9.17, 15) is 0 Å². The van der Waals surface area contributed by atoms with Crippen molar-refractivity contribution in [1.29, 1.82) is 0 Å². The Balaban J connectivity index is 2.21. The molecule has 0 N–H and O–H groups in total. The molecule has 1 aliphatic carbocycles. The minimum absolute atomic E-state index is 0.620. The summed E-state index contributed by atoms with van der Waals surface area (Å²) in [6.07, 6.45) is 2.81. The Labute approximate surface area is 74.4 Å². The van der Waals surface area contributed by atoms with Crippen molar-refractivity contribution in [3.8, 4) is 0 Å². The minimum Gasteiger partial charge on any atom is -0.349 e. The smallest absolute Gasteiger partial charge is 0.0278 e. The maximum Gasteiger partial charge on any atom is 0.0278 e. The maximum atomic E-state index is 2.44. The molecular formula is C11H17N. The van der Waals surface area contributed by atoms with Crippen molar-refractivity contribution in [1.82, 2.24) is 4.57 Å². The average molecular weight is 163 g/mol. The van der Waals surface area contributed by atoms with Gasteiger partial charge in [0.1, 0.15) is 0 Å². The van der Waals surface area contributed by atoms with Crippen molar-refractivity contribution in [3.63, 3.8) is 0 Å². The zero-order chi connectivity index (χ0) is 8.77. The summed E-state index contributed by atoms with van der Waals surface area (Å²) in [6.45, 7) is 7.99. The van der Waals surface area contributed by atoms with Crippen molar-refractivity contribution in [2.75, 3.05) is 0 Å². The van der Waals surface area contributed by atoms with E-state index in [1.807, 2.05) is 0 Å². The molecule has 1 aromatic rings. The second-order valence-electron chi connectivity index (χ2n) is 4.51. The molecule has 1 heteroatoms. The molecule has 12 heavy (non-hydrogen) atoms. The highest BCUT2D eigenvalue weighted by molar-refractivity contribution is 5.14. The van der Waals surface area contributed by atoms with E-state index in [1.165, 1.54) is 30.8 Å². The van der Waals surface area contributed by atoms with Crippen LogP contribution in [0.5, 0.6) is 0 Å². The van der Waals surface area contributed by atoms with Gasteiger partial charge in [-0.25, -0.2) is 0 Å². The first-order valence-electron chi connectivity index (χ1n) is 4.73. The van der Waals surface area contributed by atoms with Gasteiger partial charge in [0.2, 0.25) is 0 Å². The third-order valence-electron chi connectivity index (χ3n) is 3.06. The molecular weight excluding hydrogens is 146 g/mol. The highest BCUT2D eigenvalue weighted by Gasteiger charge is 2.37. The highest BCUT2D eigenvalue weighted by atomic mass is 15.0. The molecule has 0 saturated heterocycles. The molecule has 1 nitrogen and oxygen atoms in total. The van der Waals surface area contributed by atoms with Crippen molar-refractivity contribution >= 4 is 0 Å². The Kier molecular flexibility index (Phi) is 1.57. The Morgan fingerprint density at radius 2 is 1.75 bits per heavy atom. The fraction of sp³-hybridized carbons (Fsp3) is 0.636. The van der Waals surface area contributed by atoms with Crippen molar-refractivity contribution < 1.29 is 0 Å². The van der Waals surface area contributed by atoms with Gasteiger partial charge in [-0.05, 0) is 44.2 Å². The van der Waals surface area contributed by atoms with E-state index in [4.69, 9.17) is 0 Å². The number of aryl methyl sites for hydroxylation is 2. The molecule has 1 heterocycles. The lowest BCUT2D eigenvalue weighted by Crippen LogP contribution is -2.10. The van der Waals surface area contributed by atoms with Crippen LogP contribution in [0.4, 0.5) is 0 Å². The summed E-state index contributed by atoms with van der Waals surface area (Å²) >= 11 is 0. The summed E-state index contributed by atoms with van der Waals surface area (Å²) in [5.41, 5.74) is 3.43. The van der Waals surface area contributed by atoms with Gasteiger partial charge in [-0.3, -0.25) is 0 Å². The van der Waals surface area contributed by atoms with Crippen LogP contribution in [-0.4, -0.2) is 4.57 Å². The molecule has 0 radical (unpaired) electrons. The van der Waals surface area contributed by atoms with Crippen LogP contribution in [0.25, 0.3) is 0 Å². The molecule has 1 aliphatic rings. The monoisotopic (exact) mass is 163 g/mol. The molecule has 66 valence electrons. The Hall–Kier alpha value is -0.720. The predicted octanol–water partition coefficient (Wildman–Crippen LogP) is 2.91. The number of hydrogen-bond acceptors (Lipinski definition) is 0. The topological polar surface area (TPSA) is 4.93 Å². The van der Waals surface area contributed by atoms with Crippen LogP contribution < -0.4 is 0 Å². The largest absolute Gasteiger partial charge is 0.349 e. The first kappa shape index (κ1) is 7.90. The van der Waals surface area contributed by atoms with Crippen LogP contribution in [0.15, 0.2) is 12.1 Å². The molecule has 0 aromatic carbocycles. The predicted molar refractivity (Wildman–Crippen MR) is 51.2 cm³/mol. The summed E-state index contributed by atoms with van der Waals surface area (Å²) in [7, 11) is 0. The lowest BCUT2D eigenvalue weighted by atomic mass is 10.1. The van der Waals surface area contributed by atoms with Crippen LogP contribution in [0.1, 0.15) is 31.2 Å².